The predicted molar refractivity (Wildman–Crippen MR) is 85.7 cm³/mol. The molecule has 1 aromatic heterocycles. The smallest absolute Gasteiger partial charge is 0.126 e. The van der Waals surface area contributed by atoms with Crippen LogP contribution in [0.25, 0.3) is 0 Å². The number of aryl methyl sites for hydroxylation is 1. The van der Waals surface area contributed by atoms with Crippen molar-refractivity contribution in [3.05, 3.63) is 51.2 Å². The molecule has 0 aliphatic rings. The third-order valence-electron chi connectivity index (χ3n) is 3.50. The molecule has 0 saturated heterocycles. The molecule has 3 nitrogen and oxygen atoms in total. The maximum Gasteiger partial charge on any atom is 0.126 e. The van der Waals surface area contributed by atoms with Crippen molar-refractivity contribution in [1.29, 1.82) is 0 Å². The van der Waals surface area contributed by atoms with Crippen LogP contribution in [0.15, 0.2) is 23.6 Å². The van der Waals surface area contributed by atoms with Crippen molar-refractivity contribution in [3.8, 4) is 0 Å². The van der Waals surface area contributed by atoms with E-state index < -0.39 is 0 Å². The molecule has 2 aromatic rings. The molecule has 0 aliphatic carbocycles. The minimum atomic E-state index is -0.206. The second-order valence-corrected chi connectivity index (χ2v) is 7.25. The monoisotopic (exact) mass is 307 g/mol. The molecule has 3 N–H and O–H groups in total. The average molecular weight is 307 g/mol. The Kier molecular flexibility index (Phi) is 4.76. The van der Waals surface area contributed by atoms with Gasteiger partial charge in [0.05, 0.1) is 16.7 Å². The first kappa shape index (κ1) is 16.1. The van der Waals surface area contributed by atoms with Crippen LogP contribution in [0.3, 0.4) is 0 Å². The summed E-state index contributed by atoms with van der Waals surface area (Å²) < 4.78 is 13.7. The van der Waals surface area contributed by atoms with Crippen molar-refractivity contribution in [2.75, 3.05) is 0 Å². The molecule has 1 aromatic carbocycles. The Morgan fingerprint density at radius 3 is 2.62 bits per heavy atom. The molecule has 2 rings (SSSR count). The van der Waals surface area contributed by atoms with Crippen LogP contribution in [-0.4, -0.2) is 4.98 Å². The fourth-order valence-corrected chi connectivity index (χ4v) is 3.09. The molecule has 0 amide bonds. The summed E-state index contributed by atoms with van der Waals surface area (Å²) in [6.07, 6.45) is 0.653. The van der Waals surface area contributed by atoms with Gasteiger partial charge in [-0.05, 0) is 24.1 Å². The minimum Gasteiger partial charge on any atom is -0.271 e. The van der Waals surface area contributed by atoms with Gasteiger partial charge in [0.1, 0.15) is 5.82 Å². The first-order valence-electron chi connectivity index (χ1n) is 6.98. The SMILES string of the molecule is Cc1ccc(C(Cc2nc(C(C)(C)C)cs2)NN)cc1F. The Balaban J connectivity index is 2.19. The number of hydrogen-bond donors (Lipinski definition) is 2. The number of thiazole rings is 1. The summed E-state index contributed by atoms with van der Waals surface area (Å²) in [6.45, 7) is 8.17. The number of nitrogens with one attached hydrogen (secondary N) is 1. The van der Waals surface area contributed by atoms with Gasteiger partial charge in [0.2, 0.25) is 0 Å². The number of nitrogens with two attached hydrogens (primary N) is 1. The van der Waals surface area contributed by atoms with E-state index in [1.54, 1.807) is 24.3 Å². The number of benzene rings is 1. The Morgan fingerprint density at radius 2 is 2.10 bits per heavy atom. The third kappa shape index (κ3) is 3.87. The Bertz CT molecular complexity index is 616. The van der Waals surface area contributed by atoms with E-state index >= 15 is 0 Å². The van der Waals surface area contributed by atoms with E-state index in [0.29, 0.717) is 12.0 Å². The number of nitrogens with zero attached hydrogens (tertiary/aromatic N) is 1. The normalized spacial score (nSPS) is 13.4. The summed E-state index contributed by atoms with van der Waals surface area (Å²) in [6, 6.07) is 5.08. The summed E-state index contributed by atoms with van der Waals surface area (Å²) >= 11 is 1.62. The fourth-order valence-electron chi connectivity index (χ4n) is 2.02. The van der Waals surface area contributed by atoms with Gasteiger partial charge in [-0.3, -0.25) is 11.3 Å². The van der Waals surface area contributed by atoms with Gasteiger partial charge in [0.25, 0.3) is 0 Å². The molecule has 0 aliphatic heterocycles. The van der Waals surface area contributed by atoms with Crippen LogP contribution < -0.4 is 11.3 Å². The van der Waals surface area contributed by atoms with E-state index in [1.165, 1.54) is 6.07 Å². The lowest BCUT2D eigenvalue weighted by Gasteiger charge is -2.16. The maximum absolute atomic E-state index is 13.7. The molecule has 0 bridgehead atoms. The maximum atomic E-state index is 13.7. The number of hydrazine groups is 1. The largest absolute Gasteiger partial charge is 0.271 e. The Morgan fingerprint density at radius 1 is 1.38 bits per heavy atom. The molecule has 0 radical (unpaired) electrons. The molecular formula is C16H22FN3S. The predicted octanol–water partition coefficient (Wildman–Crippen LogP) is 3.64. The molecule has 0 fully saturated rings. The number of aromatic nitrogens is 1. The molecule has 0 spiro atoms. The highest BCUT2D eigenvalue weighted by Gasteiger charge is 2.19. The van der Waals surface area contributed by atoms with E-state index in [1.807, 2.05) is 6.07 Å². The van der Waals surface area contributed by atoms with Gasteiger partial charge >= 0.3 is 0 Å². The highest BCUT2D eigenvalue weighted by atomic mass is 32.1. The number of hydrogen-bond acceptors (Lipinski definition) is 4. The van der Waals surface area contributed by atoms with Crippen LogP contribution in [0.1, 0.15) is 48.6 Å². The van der Waals surface area contributed by atoms with Gasteiger partial charge < -0.3 is 0 Å². The fraction of sp³-hybridized carbons (Fsp3) is 0.438. The lowest BCUT2D eigenvalue weighted by molar-refractivity contribution is 0.535. The number of rotatable bonds is 4. The lowest BCUT2D eigenvalue weighted by atomic mass is 9.93. The summed E-state index contributed by atoms with van der Waals surface area (Å²) in [5, 5.41) is 3.09. The zero-order chi connectivity index (χ0) is 15.6. The van der Waals surface area contributed by atoms with E-state index in [0.717, 1.165) is 16.3 Å². The quantitative estimate of drug-likeness (QED) is 0.670. The molecular weight excluding hydrogens is 285 g/mol. The average Bonchev–Trinajstić information content (AvgIpc) is 2.88. The van der Waals surface area contributed by atoms with Crippen LogP contribution in [0.2, 0.25) is 0 Å². The van der Waals surface area contributed by atoms with Crippen molar-refractivity contribution < 1.29 is 4.39 Å². The summed E-state index contributed by atoms with van der Waals surface area (Å²) in [4.78, 5) is 4.66. The van der Waals surface area contributed by atoms with Crippen molar-refractivity contribution >= 4 is 11.3 Å². The van der Waals surface area contributed by atoms with Crippen molar-refractivity contribution in [2.45, 2.75) is 45.6 Å². The van der Waals surface area contributed by atoms with Crippen molar-refractivity contribution in [1.82, 2.24) is 10.4 Å². The molecule has 0 saturated carbocycles. The molecule has 5 heteroatoms. The third-order valence-corrected chi connectivity index (χ3v) is 4.37. The summed E-state index contributed by atoms with van der Waals surface area (Å²) in [5.74, 6) is 5.43. The van der Waals surface area contributed by atoms with Crippen LogP contribution in [0.5, 0.6) is 0 Å². The highest BCUT2D eigenvalue weighted by Crippen LogP contribution is 2.27. The van der Waals surface area contributed by atoms with Gasteiger partial charge in [-0.15, -0.1) is 11.3 Å². The molecule has 1 atom stereocenters. The minimum absolute atomic E-state index is 0.0381. The van der Waals surface area contributed by atoms with E-state index in [2.05, 4.69) is 36.6 Å². The van der Waals surface area contributed by atoms with Crippen LogP contribution in [0, 0.1) is 12.7 Å². The molecule has 1 unspecified atom stereocenters. The molecule has 114 valence electrons. The Labute approximate surface area is 129 Å². The second-order valence-electron chi connectivity index (χ2n) is 6.31. The van der Waals surface area contributed by atoms with Gasteiger partial charge in [-0.25, -0.2) is 9.37 Å². The zero-order valence-electron chi connectivity index (χ0n) is 12.9. The van der Waals surface area contributed by atoms with Gasteiger partial charge in [0, 0.05) is 17.2 Å². The van der Waals surface area contributed by atoms with Crippen LogP contribution >= 0.6 is 11.3 Å². The first-order valence-corrected chi connectivity index (χ1v) is 7.86. The van der Waals surface area contributed by atoms with Crippen LogP contribution in [0.4, 0.5) is 4.39 Å². The van der Waals surface area contributed by atoms with Gasteiger partial charge in [-0.2, -0.15) is 0 Å². The van der Waals surface area contributed by atoms with Crippen molar-refractivity contribution in [3.63, 3.8) is 0 Å². The summed E-state index contributed by atoms with van der Waals surface area (Å²) in [5.41, 5.74) is 5.36. The second kappa shape index (κ2) is 6.22. The standard InChI is InChI=1S/C16H22FN3S/c1-10-5-6-11(7-12(10)17)13(20-18)8-15-19-14(9-21-15)16(2,3)4/h5-7,9,13,20H,8,18H2,1-4H3. The topological polar surface area (TPSA) is 50.9 Å². The van der Waals surface area contributed by atoms with Gasteiger partial charge in [0.15, 0.2) is 0 Å². The summed E-state index contributed by atoms with van der Waals surface area (Å²) in [7, 11) is 0. The van der Waals surface area contributed by atoms with Gasteiger partial charge in [-0.1, -0.05) is 32.9 Å². The van der Waals surface area contributed by atoms with E-state index in [4.69, 9.17) is 5.84 Å². The van der Waals surface area contributed by atoms with E-state index in [-0.39, 0.29) is 17.3 Å². The van der Waals surface area contributed by atoms with Crippen molar-refractivity contribution in [2.24, 2.45) is 5.84 Å². The molecule has 21 heavy (non-hydrogen) atoms. The first-order chi connectivity index (χ1) is 9.81. The lowest BCUT2D eigenvalue weighted by Crippen LogP contribution is -2.29. The molecule has 1 heterocycles. The van der Waals surface area contributed by atoms with Crippen LogP contribution in [-0.2, 0) is 11.8 Å². The van der Waals surface area contributed by atoms with E-state index in [9.17, 15) is 4.39 Å². The highest BCUT2D eigenvalue weighted by molar-refractivity contribution is 7.09. The number of halogens is 1. The zero-order valence-corrected chi connectivity index (χ0v) is 13.7. The Hall–Kier alpha value is -1.30.